The summed E-state index contributed by atoms with van der Waals surface area (Å²) in [5, 5.41) is 6.20. The van der Waals surface area contributed by atoms with E-state index < -0.39 is 6.04 Å². The van der Waals surface area contributed by atoms with Crippen LogP contribution < -0.4 is 15.5 Å². The van der Waals surface area contributed by atoms with Crippen LogP contribution in [0.15, 0.2) is 63.5 Å². The molecule has 1 aromatic heterocycles. The van der Waals surface area contributed by atoms with Gasteiger partial charge in [-0.3, -0.25) is 19.6 Å². The van der Waals surface area contributed by atoms with Gasteiger partial charge >= 0.3 is 0 Å². The zero-order valence-corrected chi connectivity index (χ0v) is 22.9. The molecule has 0 N–H and O–H groups in total. The molecule has 2 amide bonds. The molecule has 3 aromatic rings. The third kappa shape index (κ3) is 4.09. The van der Waals surface area contributed by atoms with Crippen molar-refractivity contribution < 1.29 is 14.3 Å². The molecule has 0 bridgehead atoms. The molecule has 1 saturated carbocycles. The number of halogens is 1. The van der Waals surface area contributed by atoms with Crippen LogP contribution in [-0.2, 0) is 11.2 Å². The highest BCUT2D eigenvalue weighted by Gasteiger charge is 2.40. The fourth-order valence-electron chi connectivity index (χ4n) is 5.86. The second-order valence-electron chi connectivity index (χ2n) is 10.3. The number of rotatable bonds is 4. The number of carbonyl (C=O) groups excluding carboxylic acids is 2. The number of hydrogen-bond donors (Lipinski definition) is 0. The van der Waals surface area contributed by atoms with E-state index in [2.05, 4.69) is 56.8 Å². The van der Waals surface area contributed by atoms with E-state index in [1.165, 1.54) is 24.5 Å². The van der Waals surface area contributed by atoms with E-state index in [4.69, 9.17) is 9.84 Å². The average Bonchev–Trinajstić information content (AvgIpc) is 3.56. The Morgan fingerprint density at radius 2 is 1.85 bits per heavy atom. The molecule has 7 rings (SSSR count). The van der Waals surface area contributed by atoms with Gasteiger partial charge in [0.15, 0.2) is 0 Å². The highest BCUT2D eigenvalue weighted by molar-refractivity contribution is 9.10. The van der Waals surface area contributed by atoms with Crippen LogP contribution in [-0.4, -0.2) is 64.3 Å². The number of hydrogen-bond acceptors (Lipinski definition) is 6. The predicted molar refractivity (Wildman–Crippen MR) is 147 cm³/mol. The molecule has 10 heteroatoms. The monoisotopic (exact) mass is 586 g/mol. The molecular formula is C29H27BrN6O3. The number of nitrogens with zero attached hydrogens (tertiary/aromatic N) is 6. The van der Waals surface area contributed by atoms with Gasteiger partial charge in [-0.25, -0.2) is 4.68 Å². The molecule has 2 aromatic carbocycles. The Hall–Kier alpha value is -3.79. The number of aromatic nitrogens is 2. The van der Waals surface area contributed by atoms with Crippen molar-refractivity contribution in [1.29, 1.82) is 0 Å². The fourth-order valence-corrected chi connectivity index (χ4v) is 6.31. The Morgan fingerprint density at radius 3 is 2.62 bits per heavy atom. The number of ether oxygens (including phenoxy) is 1. The number of amides is 2. The van der Waals surface area contributed by atoms with Gasteiger partial charge < -0.3 is 14.5 Å². The average molecular weight is 587 g/mol. The van der Waals surface area contributed by atoms with Gasteiger partial charge in [0.1, 0.15) is 13.3 Å². The van der Waals surface area contributed by atoms with E-state index in [9.17, 15) is 9.59 Å². The molecule has 4 aliphatic rings. The standard InChI is InChI=1S/C29H27BrN6O3/c1-2-24(37)34-13-14-39-28-25-22(36(33-28)19-7-5-18(6-8-19)17-3-4-17)11-12-35(23(25)15-34)29(38)20-9-10-21(30)27-26(20)31-16-32-27/h2,5-10,17,23H,1,3-4,11-16H2. The minimum atomic E-state index is -0.433. The second-order valence-corrected chi connectivity index (χ2v) is 11.1. The van der Waals surface area contributed by atoms with Gasteiger partial charge in [-0.1, -0.05) is 18.7 Å². The highest BCUT2D eigenvalue weighted by Crippen LogP contribution is 2.42. The Labute approximate surface area is 233 Å². The summed E-state index contributed by atoms with van der Waals surface area (Å²) in [6, 6.07) is 11.8. The molecule has 3 aliphatic heterocycles. The van der Waals surface area contributed by atoms with Crippen LogP contribution in [0.3, 0.4) is 0 Å². The van der Waals surface area contributed by atoms with Crippen LogP contribution in [0.25, 0.3) is 5.69 Å². The largest absolute Gasteiger partial charge is 0.474 e. The van der Waals surface area contributed by atoms with E-state index in [1.54, 1.807) is 11.0 Å². The molecule has 0 saturated heterocycles. The first-order chi connectivity index (χ1) is 19.0. The maximum absolute atomic E-state index is 14.1. The lowest BCUT2D eigenvalue weighted by atomic mass is 9.95. The van der Waals surface area contributed by atoms with Gasteiger partial charge in [0, 0.05) is 24.0 Å². The van der Waals surface area contributed by atoms with E-state index in [0.717, 1.165) is 21.4 Å². The van der Waals surface area contributed by atoms with Gasteiger partial charge in [-0.15, -0.1) is 5.10 Å². The summed E-state index contributed by atoms with van der Waals surface area (Å²) >= 11 is 3.52. The molecule has 1 atom stereocenters. The first kappa shape index (κ1) is 24.3. The topological polar surface area (TPSA) is 92.4 Å². The van der Waals surface area contributed by atoms with Crippen molar-refractivity contribution in [3.8, 4) is 11.6 Å². The summed E-state index contributed by atoms with van der Waals surface area (Å²) in [7, 11) is 0. The predicted octanol–water partition coefficient (Wildman–Crippen LogP) is 2.87. The Bertz CT molecular complexity index is 1640. The van der Waals surface area contributed by atoms with E-state index in [1.807, 2.05) is 15.6 Å². The SMILES string of the molecule is C=CC(=O)N1CCOc2nn(-c3ccc(C4CC4)cc3)c3c2C(C1)N(C(=O)c1ccc(Br)c2c1=NCN=2)CC3. The van der Waals surface area contributed by atoms with Crippen molar-refractivity contribution in [2.45, 2.75) is 31.2 Å². The van der Waals surface area contributed by atoms with Gasteiger partial charge in [-0.05, 0) is 70.6 Å². The maximum Gasteiger partial charge on any atom is 0.256 e. The van der Waals surface area contributed by atoms with Crippen molar-refractivity contribution >= 4 is 27.7 Å². The highest BCUT2D eigenvalue weighted by atomic mass is 79.9. The summed E-state index contributed by atoms with van der Waals surface area (Å²) in [4.78, 5) is 39.4. The minimum Gasteiger partial charge on any atom is -0.474 e. The van der Waals surface area contributed by atoms with Gasteiger partial charge in [0.25, 0.3) is 5.91 Å². The van der Waals surface area contributed by atoms with Crippen molar-refractivity contribution in [3.05, 3.63) is 86.6 Å². The van der Waals surface area contributed by atoms with Crippen LogP contribution in [0.1, 0.15) is 52.0 Å². The van der Waals surface area contributed by atoms with Gasteiger partial charge in [0.05, 0.1) is 45.8 Å². The zero-order chi connectivity index (χ0) is 26.7. The summed E-state index contributed by atoms with van der Waals surface area (Å²) < 4.78 is 8.93. The molecule has 9 nitrogen and oxygen atoms in total. The van der Waals surface area contributed by atoms with Crippen LogP contribution in [0.4, 0.5) is 0 Å². The van der Waals surface area contributed by atoms with E-state index in [-0.39, 0.29) is 11.8 Å². The third-order valence-electron chi connectivity index (χ3n) is 8.00. The first-order valence-electron chi connectivity index (χ1n) is 13.3. The molecule has 39 heavy (non-hydrogen) atoms. The van der Waals surface area contributed by atoms with Crippen molar-refractivity contribution in [1.82, 2.24) is 19.6 Å². The normalized spacial score (nSPS) is 19.6. The molecule has 1 aliphatic carbocycles. The Balaban J connectivity index is 1.32. The molecule has 4 heterocycles. The second kappa shape index (κ2) is 9.44. The van der Waals surface area contributed by atoms with Crippen LogP contribution in [0.2, 0.25) is 0 Å². The molecule has 1 unspecified atom stereocenters. The first-order valence-corrected chi connectivity index (χ1v) is 14.1. The lowest BCUT2D eigenvalue weighted by molar-refractivity contribution is -0.127. The number of carbonyl (C=O) groups is 2. The molecule has 198 valence electrons. The smallest absolute Gasteiger partial charge is 0.256 e. The number of benzene rings is 2. The summed E-state index contributed by atoms with van der Waals surface area (Å²) in [6.45, 7) is 5.47. The molecular weight excluding hydrogens is 560 g/mol. The van der Waals surface area contributed by atoms with E-state index in [0.29, 0.717) is 67.4 Å². The fraction of sp³-hybridized carbons (Fsp3) is 0.345. The lowest BCUT2D eigenvalue weighted by Crippen LogP contribution is -2.49. The third-order valence-corrected chi connectivity index (χ3v) is 8.64. The zero-order valence-electron chi connectivity index (χ0n) is 21.3. The summed E-state index contributed by atoms with van der Waals surface area (Å²) in [6.07, 6.45) is 4.42. The van der Waals surface area contributed by atoms with Crippen LogP contribution in [0.5, 0.6) is 5.88 Å². The van der Waals surface area contributed by atoms with Crippen molar-refractivity contribution in [2.75, 3.05) is 32.9 Å². The maximum atomic E-state index is 14.1. The summed E-state index contributed by atoms with van der Waals surface area (Å²) in [5.41, 5.74) is 4.70. The van der Waals surface area contributed by atoms with Crippen LogP contribution in [0, 0.1) is 0 Å². The Morgan fingerprint density at radius 1 is 1.05 bits per heavy atom. The molecule has 0 spiro atoms. The molecule has 0 radical (unpaired) electrons. The Kier molecular flexibility index (Phi) is 5.88. The van der Waals surface area contributed by atoms with Crippen molar-refractivity contribution in [2.24, 2.45) is 9.98 Å². The quantitative estimate of drug-likeness (QED) is 0.439. The van der Waals surface area contributed by atoms with E-state index >= 15 is 0 Å². The summed E-state index contributed by atoms with van der Waals surface area (Å²) in [5.74, 6) is 0.859. The lowest BCUT2D eigenvalue weighted by Gasteiger charge is -2.39. The molecule has 1 fully saturated rings. The van der Waals surface area contributed by atoms with Gasteiger partial charge in [0.2, 0.25) is 11.8 Å². The number of fused-ring (bicyclic) bond motifs is 1. The van der Waals surface area contributed by atoms with Crippen LogP contribution >= 0.6 is 15.9 Å². The minimum absolute atomic E-state index is 0.144. The van der Waals surface area contributed by atoms with Gasteiger partial charge in [-0.2, -0.15) is 0 Å². The van der Waals surface area contributed by atoms with Crippen molar-refractivity contribution in [3.63, 3.8) is 0 Å².